The zero-order valence-corrected chi connectivity index (χ0v) is 17.9. The maximum absolute atomic E-state index is 12.6. The Morgan fingerprint density at radius 3 is 2.70 bits per heavy atom. The quantitative estimate of drug-likeness (QED) is 0.467. The van der Waals surface area contributed by atoms with E-state index in [4.69, 9.17) is 19.3 Å². The summed E-state index contributed by atoms with van der Waals surface area (Å²) in [4.78, 5) is 29.3. The first-order valence-corrected chi connectivity index (χ1v) is 10.8. The average Bonchev–Trinajstić information content (AvgIpc) is 3.10. The normalized spacial score (nSPS) is 13.1. The van der Waals surface area contributed by atoms with Crippen molar-refractivity contribution in [1.29, 1.82) is 0 Å². The van der Waals surface area contributed by atoms with Crippen LogP contribution < -0.4 is 9.47 Å². The Labute approximate surface area is 179 Å². The summed E-state index contributed by atoms with van der Waals surface area (Å²) in [6.07, 6.45) is 5.52. The minimum absolute atomic E-state index is 0.302. The minimum Gasteiger partial charge on any atom is -0.490 e. The fourth-order valence-corrected chi connectivity index (χ4v) is 4.60. The van der Waals surface area contributed by atoms with Crippen molar-refractivity contribution in [2.75, 3.05) is 19.8 Å². The maximum atomic E-state index is 12.6. The largest absolute Gasteiger partial charge is 0.490 e. The van der Waals surface area contributed by atoms with E-state index in [1.165, 1.54) is 16.2 Å². The van der Waals surface area contributed by atoms with Crippen LogP contribution in [0.1, 0.15) is 53.1 Å². The van der Waals surface area contributed by atoms with Crippen molar-refractivity contribution < 1.29 is 28.9 Å². The van der Waals surface area contributed by atoms with Gasteiger partial charge in [-0.2, -0.15) is 0 Å². The molecule has 160 valence electrons. The summed E-state index contributed by atoms with van der Waals surface area (Å²) in [7, 11) is 0. The first-order chi connectivity index (χ1) is 14.5. The summed E-state index contributed by atoms with van der Waals surface area (Å²) in [5.74, 6) is -0.683. The Hall–Kier alpha value is -2.87. The van der Waals surface area contributed by atoms with Gasteiger partial charge in [0.2, 0.25) is 0 Å². The maximum Gasteiger partial charge on any atom is 0.341 e. The van der Waals surface area contributed by atoms with E-state index < -0.39 is 12.6 Å². The zero-order chi connectivity index (χ0) is 21.5. The Morgan fingerprint density at radius 2 is 1.97 bits per heavy atom. The van der Waals surface area contributed by atoms with E-state index >= 15 is 0 Å². The van der Waals surface area contributed by atoms with Crippen molar-refractivity contribution in [3.8, 4) is 11.5 Å². The van der Waals surface area contributed by atoms with Gasteiger partial charge in [-0.25, -0.2) is 14.6 Å². The molecule has 0 saturated carbocycles. The number of aryl methyl sites for hydroxylation is 1. The Balaban J connectivity index is 1.99. The topological polar surface area (TPSA) is 94.4 Å². The smallest absolute Gasteiger partial charge is 0.341 e. The lowest BCUT2D eigenvalue weighted by Crippen LogP contribution is -2.11. The molecule has 0 aliphatic heterocycles. The molecule has 0 spiro atoms. The van der Waals surface area contributed by atoms with Crippen LogP contribution in [0.15, 0.2) is 23.2 Å². The molecule has 1 aromatic heterocycles. The van der Waals surface area contributed by atoms with Crippen molar-refractivity contribution >= 4 is 34.5 Å². The van der Waals surface area contributed by atoms with Gasteiger partial charge in [0.1, 0.15) is 5.00 Å². The van der Waals surface area contributed by atoms with Crippen LogP contribution in [0.5, 0.6) is 11.5 Å². The predicted molar refractivity (Wildman–Crippen MR) is 115 cm³/mol. The number of benzene rings is 1. The highest BCUT2D eigenvalue weighted by Crippen LogP contribution is 2.40. The number of ether oxygens (including phenoxy) is 3. The van der Waals surface area contributed by atoms with Gasteiger partial charge in [-0.3, -0.25) is 0 Å². The second-order valence-corrected chi connectivity index (χ2v) is 7.74. The molecule has 0 radical (unpaired) electrons. The standard InChI is InChI=1S/C22H25NO6S/c1-3-27-16-10-7-8-14(20(16)29-13-18(24)25)12-23-21-19(22(26)28-4-2)15-9-5-6-11-17(15)30-21/h7-8,10,12H,3-6,9,11,13H2,1-2H3,(H,24,25). The number of hydrogen-bond donors (Lipinski definition) is 1. The molecule has 1 heterocycles. The zero-order valence-electron chi connectivity index (χ0n) is 17.1. The van der Waals surface area contributed by atoms with Crippen molar-refractivity contribution in [3.63, 3.8) is 0 Å². The third-order valence-electron chi connectivity index (χ3n) is 4.60. The number of carboxylic acid groups (broad SMARTS) is 1. The number of para-hydroxylation sites is 1. The number of nitrogens with zero attached hydrogens (tertiary/aromatic N) is 1. The van der Waals surface area contributed by atoms with E-state index in [0.717, 1.165) is 31.2 Å². The average molecular weight is 432 g/mol. The van der Waals surface area contributed by atoms with Crippen molar-refractivity contribution in [3.05, 3.63) is 39.8 Å². The van der Waals surface area contributed by atoms with Gasteiger partial charge in [0.25, 0.3) is 0 Å². The highest BCUT2D eigenvalue weighted by Gasteiger charge is 2.26. The van der Waals surface area contributed by atoms with Gasteiger partial charge < -0.3 is 19.3 Å². The molecule has 0 amide bonds. The number of thiophene rings is 1. The summed E-state index contributed by atoms with van der Waals surface area (Å²) >= 11 is 1.51. The van der Waals surface area contributed by atoms with Gasteiger partial charge in [0.15, 0.2) is 18.1 Å². The molecule has 30 heavy (non-hydrogen) atoms. The molecule has 1 aromatic carbocycles. The molecule has 1 N–H and O–H groups in total. The van der Waals surface area contributed by atoms with Crippen LogP contribution in [-0.2, 0) is 22.4 Å². The van der Waals surface area contributed by atoms with Gasteiger partial charge >= 0.3 is 11.9 Å². The van der Waals surface area contributed by atoms with Crippen LogP contribution in [-0.4, -0.2) is 43.1 Å². The fourth-order valence-electron chi connectivity index (χ4n) is 3.38. The predicted octanol–water partition coefficient (Wildman–Crippen LogP) is 4.42. The van der Waals surface area contributed by atoms with Crippen molar-refractivity contribution in [2.24, 2.45) is 4.99 Å². The lowest BCUT2D eigenvalue weighted by molar-refractivity contribution is -0.139. The van der Waals surface area contributed by atoms with Crippen LogP contribution in [0.2, 0.25) is 0 Å². The summed E-state index contributed by atoms with van der Waals surface area (Å²) < 4.78 is 16.3. The lowest BCUT2D eigenvalue weighted by Gasteiger charge is -2.13. The molecule has 0 bridgehead atoms. The molecule has 0 fully saturated rings. The Kier molecular flexibility index (Phi) is 7.46. The molecule has 8 heteroatoms. The molecule has 0 unspecified atom stereocenters. The number of carbonyl (C=O) groups is 2. The van der Waals surface area contributed by atoms with Crippen LogP contribution in [0.3, 0.4) is 0 Å². The SMILES string of the molecule is CCOC(=O)c1c(N=Cc2cccc(OCC)c2OCC(=O)O)sc2c1CCCC2. The van der Waals surface area contributed by atoms with E-state index in [1.54, 1.807) is 31.3 Å². The van der Waals surface area contributed by atoms with Crippen LogP contribution in [0.25, 0.3) is 0 Å². The number of aliphatic imine (C=N–C) groups is 1. The third kappa shape index (κ3) is 4.99. The summed E-state index contributed by atoms with van der Waals surface area (Å²) in [6, 6.07) is 5.26. The van der Waals surface area contributed by atoms with E-state index in [1.807, 2.05) is 6.92 Å². The molecule has 0 atom stereocenters. The number of carboxylic acids is 1. The third-order valence-corrected chi connectivity index (χ3v) is 5.80. The van der Waals surface area contributed by atoms with E-state index in [0.29, 0.717) is 40.8 Å². The summed E-state index contributed by atoms with van der Waals surface area (Å²) in [6.45, 7) is 3.84. The van der Waals surface area contributed by atoms with Gasteiger partial charge in [0.05, 0.1) is 18.8 Å². The van der Waals surface area contributed by atoms with Crippen LogP contribution in [0.4, 0.5) is 5.00 Å². The molecule has 3 rings (SSSR count). The number of fused-ring (bicyclic) bond motifs is 1. The summed E-state index contributed by atoms with van der Waals surface area (Å²) in [5, 5.41) is 9.59. The van der Waals surface area contributed by atoms with E-state index in [-0.39, 0.29) is 5.97 Å². The number of aliphatic carboxylic acids is 1. The lowest BCUT2D eigenvalue weighted by atomic mass is 9.95. The second-order valence-electron chi connectivity index (χ2n) is 6.66. The monoisotopic (exact) mass is 431 g/mol. The van der Waals surface area contributed by atoms with Gasteiger partial charge in [-0.05, 0) is 57.2 Å². The van der Waals surface area contributed by atoms with Gasteiger partial charge in [-0.1, -0.05) is 6.07 Å². The number of esters is 1. The molecule has 1 aliphatic carbocycles. The van der Waals surface area contributed by atoms with Crippen molar-refractivity contribution in [2.45, 2.75) is 39.5 Å². The van der Waals surface area contributed by atoms with Crippen LogP contribution >= 0.6 is 11.3 Å². The number of hydrogen-bond acceptors (Lipinski definition) is 7. The molecule has 0 saturated heterocycles. The van der Waals surface area contributed by atoms with Crippen molar-refractivity contribution in [1.82, 2.24) is 0 Å². The first-order valence-electron chi connectivity index (χ1n) is 10.0. The van der Waals surface area contributed by atoms with Crippen LogP contribution in [0, 0.1) is 0 Å². The summed E-state index contributed by atoms with van der Waals surface area (Å²) in [5.41, 5.74) is 2.16. The molecule has 2 aromatic rings. The molecule has 7 nitrogen and oxygen atoms in total. The minimum atomic E-state index is -1.08. The van der Waals surface area contributed by atoms with E-state index in [2.05, 4.69) is 4.99 Å². The number of rotatable bonds is 9. The fraction of sp³-hybridized carbons (Fsp3) is 0.409. The second kappa shape index (κ2) is 10.2. The molecular weight excluding hydrogens is 406 g/mol. The van der Waals surface area contributed by atoms with Gasteiger partial charge in [-0.15, -0.1) is 11.3 Å². The molecular formula is C22H25NO6S. The number of carbonyl (C=O) groups excluding carboxylic acids is 1. The van der Waals surface area contributed by atoms with Gasteiger partial charge in [0, 0.05) is 16.7 Å². The Bertz CT molecular complexity index is 949. The molecule has 1 aliphatic rings. The highest BCUT2D eigenvalue weighted by molar-refractivity contribution is 7.16. The van der Waals surface area contributed by atoms with E-state index in [9.17, 15) is 9.59 Å². The first kappa shape index (κ1) is 21.8. The highest BCUT2D eigenvalue weighted by atomic mass is 32.1. The Morgan fingerprint density at radius 1 is 1.17 bits per heavy atom.